The summed E-state index contributed by atoms with van der Waals surface area (Å²) in [4.78, 5) is 53.0. The topological polar surface area (TPSA) is 250 Å². The number of rotatable bonds is 42. The standard InChI is InChI=1S/C50H73F4N5O17S2/c1-3-7-59(75-4-2)50(62)35-28-40-39(56-41(55)29-35)31-38(77-40)34-57-32-37-30-36(57)33-58(37)42(60)5-8-65-10-12-67-14-16-69-18-20-71-22-24-73-26-27-74-25-23-72-21-19-70-17-15-68-13-11-66-9-6-43(61)76-48-44(51)46(53)49(78(63)64)47(54)45(48)52/h28,31,36-37H,3-27,29-30,32-34H2,1-2H3,(H2,55,56)(H,63,64)/p-1/t36-,37-/m1/s1. The largest absolute Gasteiger partial charge is 0.768 e. The summed E-state index contributed by atoms with van der Waals surface area (Å²) in [5.41, 5.74) is 7.58. The molecule has 3 aliphatic rings. The van der Waals surface area contributed by atoms with Gasteiger partial charge in [-0.2, -0.15) is 8.78 Å². The fourth-order valence-electron chi connectivity index (χ4n) is 8.18. The van der Waals surface area contributed by atoms with Gasteiger partial charge in [-0.25, -0.2) is 18.8 Å². The molecular formula is C50H72F4N5O17S2-. The number of likely N-dealkylation sites (tertiary alicyclic amines) is 2. The highest BCUT2D eigenvalue weighted by atomic mass is 32.2. The number of nitrogens with zero attached hydrogens (tertiary/aromatic N) is 4. The molecule has 1 aromatic heterocycles. The number of hydroxylamine groups is 2. The first kappa shape index (κ1) is 64.7. The molecule has 78 heavy (non-hydrogen) atoms. The van der Waals surface area contributed by atoms with Crippen LogP contribution in [0.15, 0.2) is 21.5 Å². The van der Waals surface area contributed by atoms with Gasteiger partial charge in [-0.05, 0) is 43.0 Å². The van der Waals surface area contributed by atoms with Crippen LogP contribution in [0.2, 0.25) is 0 Å². The van der Waals surface area contributed by atoms with Crippen molar-refractivity contribution >= 4 is 57.8 Å². The summed E-state index contributed by atoms with van der Waals surface area (Å²) in [5, 5.41) is 1.41. The van der Waals surface area contributed by atoms with E-state index in [9.17, 15) is 40.7 Å². The first-order chi connectivity index (χ1) is 37.8. The number of nitrogens with two attached hydrogens (primary N) is 1. The molecule has 0 spiro atoms. The van der Waals surface area contributed by atoms with E-state index in [0.717, 1.165) is 41.4 Å². The van der Waals surface area contributed by atoms with Crippen molar-refractivity contribution in [2.45, 2.75) is 69.5 Å². The second-order valence-electron chi connectivity index (χ2n) is 17.5. The summed E-state index contributed by atoms with van der Waals surface area (Å²) in [5.74, 6) is -11.4. The van der Waals surface area contributed by atoms with Crippen molar-refractivity contribution in [3.8, 4) is 5.75 Å². The average molecular weight is 1160 g/mol. The third-order valence-corrected chi connectivity index (χ3v) is 13.6. The maximum atomic E-state index is 13.9. The SMILES string of the molecule is CCCN(OCC)C(=O)C1=Cc2sc(CN3C[C@H]4C[C@@H]3CN4C(=O)CCOCCOCCOCCOCCOCCOCCOCCOCCOCCOCCC(=O)Oc3c(F)c(F)c(S(=O)[O-])c(F)c3F)cc2N=C(N)C1. The fourth-order valence-corrected chi connectivity index (χ4v) is 9.74. The molecule has 5 rings (SSSR count). The Balaban J connectivity index is 0.730. The maximum absolute atomic E-state index is 13.9. The molecule has 3 atom stereocenters. The van der Waals surface area contributed by atoms with Gasteiger partial charge in [0.15, 0.2) is 11.6 Å². The molecule has 22 nitrogen and oxygen atoms in total. The van der Waals surface area contributed by atoms with Crippen molar-refractivity contribution in [1.29, 1.82) is 0 Å². The highest BCUT2D eigenvalue weighted by Crippen LogP contribution is 2.38. The number of benzene rings is 1. The van der Waals surface area contributed by atoms with E-state index in [1.54, 1.807) is 11.3 Å². The molecule has 28 heteroatoms. The molecule has 440 valence electrons. The first-order valence-electron chi connectivity index (χ1n) is 25.9. The van der Waals surface area contributed by atoms with Gasteiger partial charge in [0, 0.05) is 55.1 Å². The number of halogens is 4. The molecule has 1 aromatic carbocycles. The van der Waals surface area contributed by atoms with Gasteiger partial charge < -0.3 is 67.3 Å². The number of ether oxygens (including phenoxy) is 11. The minimum absolute atomic E-state index is 0.0483. The number of amides is 2. The lowest BCUT2D eigenvalue weighted by Gasteiger charge is -2.34. The van der Waals surface area contributed by atoms with Crippen LogP contribution in [0.5, 0.6) is 5.75 Å². The summed E-state index contributed by atoms with van der Waals surface area (Å²) in [7, 11) is 0. The van der Waals surface area contributed by atoms with Gasteiger partial charge in [0.1, 0.15) is 10.7 Å². The van der Waals surface area contributed by atoms with Crippen LogP contribution in [-0.4, -0.2) is 218 Å². The van der Waals surface area contributed by atoms with Crippen molar-refractivity contribution in [3.05, 3.63) is 44.7 Å². The van der Waals surface area contributed by atoms with Crippen LogP contribution >= 0.6 is 11.3 Å². The number of thiophene rings is 1. The Morgan fingerprint density at radius 3 is 1.62 bits per heavy atom. The average Bonchev–Trinajstić information content (AvgIpc) is 4.13. The number of piperazine rings is 1. The predicted molar refractivity (Wildman–Crippen MR) is 273 cm³/mol. The van der Waals surface area contributed by atoms with Crippen LogP contribution in [0.4, 0.5) is 23.2 Å². The van der Waals surface area contributed by atoms with Gasteiger partial charge in [0.2, 0.25) is 23.3 Å². The number of aliphatic imine (C=N–C) groups is 1. The van der Waals surface area contributed by atoms with Crippen molar-refractivity contribution in [3.63, 3.8) is 0 Å². The van der Waals surface area contributed by atoms with Crippen molar-refractivity contribution in [2.75, 3.05) is 158 Å². The summed E-state index contributed by atoms with van der Waals surface area (Å²) in [6.45, 7) is 13.3. The Bertz CT molecular complexity index is 2230. The van der Waals surface area contributed by atoms with Gasteiger partial charge in [-0.15, -0.1) is 11.3 Å². The van der Waals surface area contributed by atoms with Crippen LogP contribution < -0.4 is 10.5 Å². The predicted octanol–water partition coefficient (Wildman–Crippen LogP) is 3.85. The zero-order chi connectivity index (χ0) is 56.1. The van der Waals surface area contributed by atoms with E-state index in [0.29, 0.717) is 137 Å². The molecular weight excluding hydrogens is 1080 g/mol. The molecule has 4 heterocycles. The highest BCUT2D eigenvalue weighted by molar-refractivity contribution is 7.79. The normalized spacial score (nSPS) is 16.6. The number of hydrogen-bond donors (Lipinski definition) is 1. The van der Waals surface area contributed by atoms with Crippen molar-refractivity contribution < 1.29 is 97.7 Å². The lowest BCUT2D eigenvalue weighted by molar-refractivity contribution is -0.180. The lowest BCUT2D eigenvalue weighted by Crippen LogP contribution is -2.48. The number of carbonyl (C=O) groups excluding carboxylic acids is 3. The molecule has 3 aliphatic heterocycles. The summed E-state index contributed by atoms with van der Waals surface area (Å²) >= 11 is -1.99. The first-order valence-corrected chi connectivity index (χ1v) is 27.8. The summed E-state index contributed by atoms with van der Waals surface area (Å²) in [6.07, 6.45) is 3.69. The molecule has 2 fully saturated rings. The zero-order valence-electron chi connectivity index (χ0n) is 44.2. The Hall–Kier alpha value is -4.11. The fraction of sp³-hybridized carbons (Fsp3) is 0.680. The molecule has 0 saturated carbocycles. The van der Waals surface area contributed by atoms with Gasteiger partial charge >= 0.3 is 5.97 Å². The van der Waals surface area contributed by atoms with E-state index in [1.165, 1.54) is 5.06 Å². The lowest BCUT2D eigenvalue weighted by atomic mass is 10.1. The Morgan fingerprint density at radius 2 is 1.18 bits per heavy atom. The van der Waals surface area contributed by atoms with Crippen LogP contribution in [0.25, 0.3) is 6.08 Å². The summed E-state index contributed by atoms with van der Waals surface area (Å²) in [6, 6.07) is 2.53. The number of amidine groups is 1. The minimum atomic E-state index is -3.61. The van der Waals surface area contributed by atoms with E-state index >= 15 is 0 Å². The molecule has 0 aliphatic carbocycles. The van der Waals surface area contributed by atoms with Crippen LogP contribution in [0.1, 0.15) is 55.7 Å². The summed E-state index contributed by atoms with van der Waals surface area (Å²) < 4.78 is 136. The van der Waals surface area contributed by atoms with Crippen molar-refractivity contribution in [1.82, 2.24) is 14.9 Å². The quantitative estimate of drug-likeness (QED) is 0.0189. The zero-order valence-corrected chi connectivity index (χ0v) is 45.8. The van der Waals surface area contributed by atoms with Gasteiger partial charge in [-0.1, -0.05) is 6.92 Å². The smallest absolute Gasteiger partial charge is 0.313 e. The molecule has 2 saturated heterocycles. The van der Waals surface area contributed by atoms with Crippen molar-refractivity contribution in [2.24, 2.45) is 10.7 Å². The molecule has 2 amide bonds. The van der Waals surface area contributed by atoms with E-state index in [1.807, 2.05) is 24.8 Å². The highest BCUT2D eigenvalue weighted by Gasteiger charge is 2.45. The van der Waals surface area contributed by atoms with E-state index in [2.05, 4.69) is 20.7 Å². The third kappa shape index (κ3) is 21.7. The van der Waals surface area contributed by atoms with Crippen LogP contribution in [0.3, 0.4) is 0 Å². The molecule has 2 aromatic rings. The molecule has 0 radical (unpaired) electrons. The Labute approximate surface area is 457 Å². The van der Waals surface area contributed by atoms with Gasteiger partial charge in [0.25, 0.3) is 5.91 Å². The second-order valence-corrected chi connectivity index (χ2v) is 19.5. The van der Waals surface area contributed by atoms with Gasteiger partial charge in [-0.3, -0.25) is 28.3 Å². The molecule has 1 unspecified atom stereocenters. The maximum Gasteiger partial charge on any atom is 0.313 e. The van der Waals surface area contributed by atoms with E-state index in [-0.39, 0.29) is 63.4 Å². The van der Waals surface area contributed by atoms with Crippen LogP contribution in [-0.2, 0) is 84.2 Å². The number of hydrogen-bond acceptors (Lipinski definition) is 21. The number of esters is 1. The Kier molecular flexibility index (Phi) is 30.1. The third-order valence-electron chi connectivity index (χ3n) is 11.8. The second kappa shape index (κ2) is 36.3. The molecule has 2 bridgehead atoms. The van der Waals surface area contributed by atoms with E-state index < -0.39 is 57.4 Å². The van der Waals surface area contributed by atoms with Crippen LogP contribution in [0, 0.1) is 23.3 Å². The monoisotopic (exact) mass is 1150 g/mol. The number of carbonyl (C=O) groups is 3. The molecule has 2 N–H and O–H groups in total. The number of fused-ring (bicyclic) bond motifs is 3. The van der Waals surface area contributed by atoms with E-state index in [4.69, 9.17) is 57.9 Å². The van der Waals surface area contributed by atoms with Gasteiger partial charge in [0.05, 0.1) is 162 Å². The minimum Gasteiger partial charge on any atom is -0.768 e. The Morgan fingerprint density at radius 1 is 0.705 bits per heavy atom.